The highest BCUT2D eigenvalue weighted by atomic mass is 32.2. The molecule has 1 heterocycles. The van der Waals surface area contributed by atoms with E-state index in [9.17, 15) is 0 Å². The number of para-hydroxylation sites is 2. The van der Waals surface area contributed by atoms with Crippen LogP contribution < -0.4 is 5.32 Å². The Morgan fingerprint density at radius 3 is 2.89 bits per heavy atom. The Bertz CT molecular complexity index is 537. The first-order chi connectivity index (χ1) is 9.19. The molecule has 0 aliphatic carbocycles. The van der Waals surface area contributed by atoms with Gasteiger partial charge in [0.05, 0.1) is 23.1 Å². The fraction of sp³-hybridized carbons (Fsp3) is 0.429. The average molecular weight is 274 g/mol. The van der Waals surface area contributed by atoms with Gasteiger partial charge >= 0.3 is 0 Å². The monoisotopic (exact) mass is 274 g/mol. The van der Waals surface area contributed by atoms with Crippen LogP contribution >= 0.6 is 11.8 Å². The topological polar surface area (TPSA) is 64.5 Å². The predicted molar refractivity (Wildman–Crippen MR) is 79.1 cm³/mol. The highest BCUT2D eigenvalue weighted by Gasteiger charge is 2.09. The van der Waals surface area contributed by atoms with E-state index >= 15 is 0 Å². The van der Waals surface area contributed by atoms with Crippen LogP contribution in [0.1, 0.15) is 20.3 Å². The van der Waals surface area contributed by atoms with E-state index < -0.39 is 0 Å². The molecule has 0 fully saturated rings. The number of nitrogens with zero attached hydrogens (tertiary/aromatic N) is 2. The summed E-state index contributed by atoms with van der Waals surface area (Å²) in [4.78, 5) is 7.78. The lowest BCUT2D eigenvalue weighted by Gasteiger charge is -2.13. The molecule has 1 aromatic carbocycles. The van der Waals surface area contributed by atoms with Gasteiger partial charge in [0.15, 0.2) is 5.16 Å². The summed E-state index contributed by atoms with van der Waals surface area (Å²) in [7, 11) is 0. The number of aromatic nitrogens is 2. The van der Waals surface area contributed by atoms with Crippen LogP contribution in [-0.4, -0.2) is 27.8 Å². The fourth-order valence-corrected chi connectivity index (χ4v) is 2.75. The van der Waals surface area contributed by atoms with Gasteiger partial charge in [-0.3, -0.25) is 5.32 Å². The van der Waals surface area contributed by atoms with Crippen LogP contribution in [0, 0.1) is 11.3 Å². The van der Waals surface area contributed by atoms with E-state index in [0.29, 0.717) is 6.04 Å². The van der Waals surface area contributed by atoms with Crippen molar-refractivity contribution in [2.75, 3.05) is 5.75 Å². The zero-order chi connectivity index (χ0) is 13.7. The molecule has 0 saturated heterocycles. The number of imidazole rings is 1. The average Bonchev–Trinajstić information content (AvgIpc) is 2.79. The molecule has 0 amide bonds. The van der Waals surface area contributed by atoms with Crippen LogP contribution in [0.2, 0.25) is 0 Å². The molecule has 0 aliphatic rings. The van der Waals surface area contributed by atoms with E-state index in [1.54, 1.807) is 11.8 Å². The Kier molecular flexibility index (Phi) is 4.83. The normalized spacial score (nSPS) is 12.7. The third kappa shape index (κ3) is 3.98. The summed E-state index contributed by atoms with van der Waals surface area (Å²) in [6, 6.07) is 10.5. The van der Waals surface area contributed by atoms with Crippen LogP contribution in [0.3, 0.4) is 0 Å². The molecule has 2 aromatic rings. The molecule has 1 unspecified atom stereocenters. The van der Waals surface area contributed by atoms with E-state index in [0.717, 1.165) is 28.4 Å². The summed E-state index contributed by atoms with van der Waals surface area (Å²) in [6.45, 7) is 4.10. The first-order valence-corrected chi connectivity index (χ1v) is 7.41. The zero-order valence-electron chi connectivity index (χ0n) is 11.2. The number of nitriles is 1. The molecule has 0 aliphatic heterocycles. The van der Waals surface area contributed by atoms with Crippen molar-refractivity contribution in [1.82, 2.24) is 15.3 Å². The summed E-state index contributed by atoms with van der Waals surface area (Å²) in [5.74, 6) is 0.873. The maximum atomic E-state index is 9.04. The minimum absolute atomic E-state index is 0.0862. The fourth-order valence-electron chi connectivity index (χ4n) is 1.86. The van der Waals surface area contributed by atoms with Gasteiger partial charge in [-0.05, 0) is 32.4 Å². The molecule has 1 atom stereocenters. The molecule has 19 heavy (non-hydrogen) atoms. The number of aromatic amines is 1. The minimum atomic E-state index is -0.0862. The summed E-state index contributed by atoms with van der Waals surface area (Å²) in [5.41, 5.74) is 2.05. The molecule has 1 aromatic heterocycles. The lowest BCUT2D eigenvalue weighted by Crippen LogP contribution is -2.33. The van der Waals surface area contributed by atoms with Crippen LogP contribution in [-0.2, 0) is 0 Å². The smallest absolute Gasteiger partial charge is 0.166 e. The van der Waals surface area contributed by atoms with Crippen molar-refractivity contribution in [3.63, 3.8) is 0 Å². The molecular weight excluding hydrogens is 256 g/mol. The molecule has 100 valence electrons. The van der Waals surface area contributed by atoms with E-state index in [1.165, 1.54) is 0 Å². The van der Waals surface area contributed by atoms with Crippen molar-refractivity contribution in [2.45, 2.75) is 37.5 Å². The number of H-pyrrole nitrogens is 1. The van der Waals surface area contributed by atoms with Gasteiger partial charge in [-0.2, -0.15) is 5.26 Å². The van der Waals surface area contributed by atoms with Gasteiger partial charge < -0.3 is 4.98 Å². The van der Waals surface area contributed by atoms with Gasteiger partial charge in [0, 0.05) is 11.8 Å². The number of thioether (sulfide) groups is 1. The third-order valence-electron chi connectivity index (χ3n) is 2.70. The number of rotatable bonds is 6. The van der Waals surface area contributed by atoms with E-state index in [4.69, 9.17) is 5.26 Å². The zero-order valence-corrected chi connectivity index (χ0v) is 12.0. The number of hydrogen-bond acceptors (Lipinski definition) is 4. The second-order valence-corrected chi connectivity index (χ2v) is 5.78. The minimum Gasteiger partial charge on any atom is -0.333 e. The van der Waals surface area contributed by atoms with E-state index in [1.807, 2.05) is 24.3 Å². The van der Waals surface area contributed by atoms with Crippen molar-refractivity contribution in [1.29, 1.82) is 5.26 Å². The summed E-state index contributed by atoms with van der Waals surface area (Å²) in [5, 5.41) is 13.2. The Hall–Kier alpha value is -1.51. The highest BCUT2D eigenvalue weighted by molar-refractivity contribution is 7.99. The van der Waals surface area contributed by atoms with Crippen molar-refractivity contribution in [2.24, 2.45) is 0 Å². The van der Waals surface area contributed by atoms with Gasteiger partial charge in [0.25, 0.3) is 0 Å². The molecule has 0 saturated carbocycles. The van der Waals surface area contributed by atoms with E-state index in [2.05, 4.69) is 35.2 Å². The Balaban J connectivity index is 1.87. The molecule has 2 N–H and O–H groups in total. The second-order valence-electron chi connectivity index (χ2n) is 4.70. The van der Waals surface area contributed by atoms with Gasteiger partial charge in [-0.15, -0.1) is 0 Å². The maximum absolute atomic E-state index is 9.04. The first kappa shape index (κ1) is 13.9. The summed E-state index contributed by atoms with van der Waals surface area (Å²) < 4.78 is 0. The Labute approximate surface area is 117 Å². The molecule has 0 radical (unpaired) electrons. The molecule has 4 nitrogen and oxygen atoms in total. The van der Waals surface area contributed by atoms with Crippen molar-refractivity contribution in [3.8, 4) is 6.07 Å². The largest absolute Gasteiger partial charge is 0.333 e. The molecule has 5 heteroatoms. The number of benzene rings is 1. The van der Waals surface area contributed by atoms with E-state index in [-0.39, 0.29) is 6.04 Å². The van der Waals surface area contributed by atoms with Crippen LogP contribution in [0.5, 0.6) is 0 Å². The van der Waals surface area contributed by atoms with Gasteiger partial charge in [-0.1, -0.05) is 23.9 Å². The molecule has 0 spiro atoms. The number of fused-ring (bicyclic) bond motifs is 1. The number of hydrogen-bond donors (Lipinski definition) is 2. The van der Waals surface area contributed by atoms with Gasteiger partial charge in [0.2, 0.25) is 0 Å². The Morgan fingerprint density at radius 2 is 2.21 bits per heavy atom. The molecule has 2 rings (SSSR count). The second kappa shape index (κ2) is 6.60. The third-order valence-corrected chi connectivity index (χ3v) is 3.61. The van der Waals surface area contributed by atoms with Gasteiger partial charge in [-0.25, -0.2) is 4.98 Å². The quantitative estimate of drug-likeness (QED) is 0.795. The van der Waals surface area contributed by atoms with Crippen molar-refractivity contribution >= 4 is 22.8 Å². The van der Waals surface area contributed by atoms with Crippen LogP contribution in [0.15, 0.2) is 29.4 Å². The standard InChI is InChI=1S/C14H18N4S/c1-10(2)16-11(9-15)7-8-19-14-17-12-5-3-4-6-13(12)18-14/h3-6,10-11,16H,7-8H2,1-2H3,(H,17,18). The maximum Gasteiger partial charge on any atom is 0.166 e. The number of nitrogens with one attached hydrogen (secondary N) is 2. The first-order valence-electron chi connectivity index (χ1n) is 6.42. The predicted octanol–water partition coefficient (Wildman–Crippen LogP) is 2.94. The lowest BCUT2D eigenvalue weighted by molar-refractivity contribution is 0.522. The summed E-state index contributed by atoms with van der Waals surface area (Å²) >= 11 is 1.66. The Morgan fingerprint density at radius 1 is 1.42 bits per heavy atom. The van der Waals surface area contributed by atoms with Crippen molar-refractivity contribution in [3.05, 3.63) is 24.3 Å². The summed E-state index contributed by atoms with van der Waals surface area (Å²) in [6.07, 6.45) is 0.816. The van der Waals surface area contributed by atoms with Crippen LogP contribution in [0.4, 0.5) is 0 Å². The SMILES string of the molecule is CC(C)NC(C#N)CCSc1nc2ccccc2[nH]1. The molecule has 0 bridgehead atoms. The van der Waals surface area contributed by atoms with Crippen LogP contribution in [0.25, 0.3) is 11.0 Å². The van der Waals surface area contributed by atoms with Crippen molar-refractivity contribution < 1.29 is 0 Å². The lowest BCUT2D eigenvalue weighted by atomic mass is 10.2. The molecular formula is C14H18N4S. The highest BCUT2D eigenvalue weighted by Crippen LogP contribution is 2.20. The van der Waals surface area contributed by atoms with Gasteiger partial charge in [0.1, 0.15) is 0 Å².